The monoisotopic (exact) mass is 414 g/mol. The maximum absolute atomic E-state index is 10.7. The number of methoxy groups -OCH3 is 1. The molecule has 0 unspecified atom stereocenters. The highest BCUT2D eigenvalue weighted by atomic mass is 16.5. The van der Waals surface area contributed by atoms with E-state index in [1.54, 1.807) is 7.11 Å². The third kappa shape index (κ3) is 3.74. The van der Waals surface area contributed by atoms with E-state index in [0.717, 1.165) is 53.7 Å². The SMILES string of the molecule is COc1ccc(Cc2cc([C@H]3O[C@@H](CO)[C@H](O)[C@@H](O)[C@@H]3O)c3c(c2C)CCC3)cc1. The molecule has 30 heavy (non-hydrogen) atoms. The Morgan fingerprint density at radius 1 is 1.00 bits per heavy atom. The lowest BCUT2D eigenvalue weighted by Crippen LogP contribution is -2.55. The largest absolute Gasteiger partial charge is 0.497 e. The van der Waals surface area contributed by atoms with Gasteiger partial charge in [0.2, 0.25) is 0 Å². The summed E-state index contributed by atoms with van der Waals surface area (Å²) in [6, 6.07) is 10.0. The molecule has 1 saturated heterocycles. The quantitative estimate of drug-likeness (QED) is 0.593. The highest BCUT2D eigenvalue weighted by Crippen LogP contribution is 2.40. The van der Waals surface area contributed by atoms with Crippen LogP contribution in [-0.2, 0) is 24.0 Å². The Balaban J connectivity index is 1.73. The highest BCUT2D eigenvalue weighted by molar-refractivity contribution is 5.50. The maximum atomic E-state index is 10.7. The average molecular weight is 414 g/mol. The summed E-state index contributed by atoms with van der Waals surface area (Å²) in [4.78, 5) is 0. The van der Waals surface area contributed by atoms with E-state index in [2.05, 4.69) is 13.0 Å². The molecule has 162 valence electrons. The molecule has 2 aromatic rings. The van der Waals surface area contributed by atoms with Crippen LogP contribution < -0.4 is 4.74 Å². The van der Waals surface area contributed by atoms with Crippen LogP contribution in [0.3, 0.4) is 0 Å². The Morgan fingerprint density at radius 3 is 2.37 bits per heavy atom. The van der Waals surface area contributed by atoms with Crippen molar-refractivity contribution in [3.8, 4) is 5.75 Å². The number of ether oxygens (including phenoxy) is 2. The molecule has 6 nitrogen and oxygen atoms in total. The first-order chi connectivity index (χ1) is 14.4. The first kappa shape index (κ1) is 21.3. The molecule has 1 aliphatic heterocycles. The fraction of sp³-hybridized carbons (Fsp3) is 0.500. The molecule has 1 heterocycles. The third-order valence-corrected chi connectivity index (χ3v) is 6.58. The van der Waals surface area contributed by atoms with E-state index in [1.165, 1.54) is 11.1 Å². The van der Waals surface area contributed by atoms with Gasteiger partial charge in [0, 0.05) is 0 Å². The van der Waals surface area contributed by atoms with Crippen molar-refractivity contribution in [2.75, 3.05) is 13.7 Å². The molecule has 1 aliphatic carbocycles. The fourth-order valence-corrected chi connectivity index (χ4v) is 4.81. The zero-order chi connectivity index (χ0) is 21.4. The minimum Gasteiger partial charge on any atom is -0.497 e. The summed E-state index contributed by atoms with van der Waals surface area (Å²) in [5.41, 5.74) is 6.85. The molecule has 1 fully saturated rings. The number of aliphatic hydroxyl groups is 4. The normalized spacial score (nSPS) is 28.4. The smallest absolute Gasteiger partial charge is 0.118 e. The van der Waals surface area contributed by atoms with Gasteiger partial charge in [0.1, 0.15) is 36.3 Å². The number of rotatable bonds is 5. The van der Waals surface area contributed by atoms with E-state index < -0.39 is 37.1 Å². The Kier molecular flexibility index (Phi) is 6.14. The predicted molar refractivity (Wildman–Crippen MR) is 112 cm³/mol. The molecule has 0 aromatic heterocycles. The van der Waals surface area contributed by atoms with Gasteiger partial charge in [-0.1, -0.05) is 18.2 Å². The molecule has 0 saturated carbocycles. The molecule has 2 aromatic carbocycles. The van der Waals surface area contributed by atoms with Crippen LogP contribution in [-0.4, -0.2) is 58.6 Å². The van der Waals surface area contributed by atoms with Crippen LogP contribution in [0.5, 0.6) is 5.75 Å². The van der Waals surface area contributed by atoms with Crippen molar-refractivity contribution in [1.82, 2.24) is 0 Å². The molecule has 4 rings (SSSR count). The summed E-state index contributed by atoms with van der Waals surface area (Å²) < 4.78 is 11.1. The van der Waals surface area contributed by atoms with Gasteiger partial charge in [0.25, 0.3) is 0 Å². The first-order valence-corrected chi connectivity index (χ1v) is 10.5. The van der Waals surface area contributed by atoms with Crippen molar-refractivity contribution in [3.63, 3.8) is 0 Å². The Labute approximate surface area is 176 Å². The summed E-state index contributed by atoms with van der Waals surface area (Å²) >= 11 is 0. The van der Waals surface area contributed by atoms with Crippen LogP contribution in [0.2, 0.25) is 0 Å². The molecular formula is C24H30O6. The summed E-state index contributed by atoms with van der Waals surface area (Å²) in [5, 5.41) is 40.7. The number of hydrogen-bond acceptors (Lipinski definition) is 6. The predicted octanol–water partition coefficient (Wildman–Crippen LogP) is 1.60. The second-order valence-corrected chi connectivity index (χ2v) is 8.33. The van der Waals surface area contributed by atoms with Crippen LogP contribution in [0, 0.1) is 6.92 Å². The van der Waals surface area contributed by atoms with E-state index in [1.807, 2.05) is 24.3 Å². The standard InChI is InChI=1S/C24H30O6/c1-13-15(10-14-6-8-16(29-2)9-7-14)11-19(18-5-3-4-17(13)18)24-23(28)22(27)21(26)20(12-25)30-24/h6-9,11,20-28H,3-5,10,12H2,1-2H3/t20-,21-,22+,23-,24+/m0/s1. The van der Waals surface area contributed by atoms with Gasteiger partial charge in [-0.25, -0.2) is 0 Å². The molecule has 6 heteroatoms. The minimum absolute atomic E-state index is 0.422. The molecule has 0 bridgehead atoms. The Morgan fingerprint density at radius 2 is 1.70 bits per heavy atom. The van der Waals surface area contributed by atoms with Crippen LogP contribution in [0.25, 0.3) is 0 Å². The van der Waals surface area contributed by atoms with Gasteiger partial charge in [0.05, 0.1) is 13.7 Å². The molecule has 4 N–H and O–H groups in total. The maximum Gasteiger partial charge on any atom is 0.118 e. The number of aliphatic hydroxyl groups excluding tert-OH is 4. The highest BCUT2D eigenvalue weighted by Gasteiger charge is 2.45. The van der Waals surface area contributed by atoms with Gasteiger partial charge in [-0.05, 0) is 78.1 Å². The molecule has 0 amide bonds. The number of hydrogen-bond donors (Lipinski definition) is 4. The molecule has 0 radical (unpaired) electrons. The van der Waals surface area contributed by atoms with Crippen molar-refractivity contribution in [3.05, 3.63) is 63.7 Å². The van der Waals surface area contributed by atoms with Gasteiger partial charge in [-0.15, -0.1) is 0 Å². The van der Waals surface area contributed by atoms with Gasteiger partial charge < -0.3 is 29.9 Å². The summed E-state index contributed by atoms with van der Waals surface area (Å²) in [5.74, 6) is 0.812. The van der Waals surface area contributed by atoms with Crippen LogP contribution in [0.1, 0.15) is 45.9 Å². The van der Waals surface area contributed by atoms with E-state index >= 15 is 0 Å². The van der Waals surface area contributed by atoms with Crippen molar-refractivity contribution in [1.29, 1.82) is 0 Å². The van der Waals surface area contributed by atoms with E-state index in [4.69, 9.17) is 9.47 Å². The number of fused-ring (bicyclic) bond motifs is 1. The lowest BCUT2D eigenvalue weighted by atomic mass is 9.84. The fourth-order valence-electron chi connectivity index (χ4n) is 4.81. The summed E-state index contributed by atoms with van der Waals surface area (Å²) in [6.07, 6.45) is -2.04. The zero-order valence-corrected chi connectivity index (χ0v) is 17.4. The van der Waals surface area contributed by atoms with Crippen molar-refractivity contribution in [2.24, 2.45) is 0 Å². The van der Waals surface area contributed by atoms with Crippen LogP contribution in [0.15, 0.2) is 30.3 Å². The van der Waals surface area contributed by atoms with Gasteiger partial charge >= 0.3 is 0 Å². The van der Waals surface area contributed by atoms with Gasteiger partial charge in [-0.2, -0.15) is 0 Å². The van der Waals surface area contributed by atoms with E-state index in [0.29, 0.717) is 0 Å². The lowest BCUT2D eigenvalue weighted by Gasteiger charge is -2.41. The lowest BCUT2D eigenvalue weighted by molar-refractivity contribution is -0.231. The van der Waals surface area contributed by atoms with E-state index in [-0.39, 0.29) is 0 Å². The molecule has 5 atom stereocenters. The third-order valence-electron chi connectivity index (χ3n) is 6.58. The molecule has 0 spiro atoms. The minimum atomic E-state index is -1.37. The average Bonchev–Trinajstić information content (AvgIpc) is 3.26. The van der Waals surface area contributed by atoms with E-state index in [9.17, 15) is 20.4 Å². The van der Waals surface area contributed by atoms with Gasteiger partial charge in [0.15, 0.2) is 0 Å². The van der Waals surface area contributed by atoms with Crippen molar-refractivity contribution < 1.29 is 29.9 Å². The number of benzene rings is 2. The second-order valence-electron chi connectivity index (χ2n) is 8.33. The van der Waals surface area contributed by atoms with Crippen molar-refractivity contribution >= 4 is 0 Å². The topological polar surface area (TPSA) is 99.4 Å². The van der Waals surface area contributed by atoms with Gasteiger partial charge in [-0.3, -0.25) is 0 Å². The second kappa shape index (κ2) is 8.65. The van der Waals surface area contributed by atoms with Crippen LogP contribution >= 0.6 is 0 Å². The van der Waals surface area contributed by atoms with Crippen LogP contribution in [0.4, 0.5) is 0 Å². The summed E-state index contributed by atoms with van der Waals surface area (Å²) in [7, 11) is 1.65. The molecular weight excluding hydrogens is 384 g/mol. The molecule has 2 aliphatic rings. The Hall–Kier alpha value is -1.96. The van der Waals surface area contributed by atoms with Crippen molar-refractivity contribution in [2.45, 2.75) is 63.1 Å². The summed E-state index contributed by atoms with van der Waals surface area (Å²) in [6.45, 7) is 1.72. The Bertz CT molecular complexity index is 892. The zero-order valence-electron chi connectivity index (χ0n) is 17.4. The first-order valence-electron chi connectivity index (χ1n) is 10.5.